The number of rotatable bonds is 6. The zero-order valence-electron chi connectivity index (χ0n) is 16.3. The van der Waals surface area contributed by atoms with Crippen molar-refractivity contribution in [3.8, 4) is 0 Å². The molecule has 1 aromatic heterocycles. The van der Waals surface area contributed by atoms with Crippen LogP contribution >= 0.6 is 23.2 Å². The standard InChI is InChI=1S/C20H23Cl2N3O3S/c1-3-24(17-10-11-29(27,28)13-17)19(26)9-8-18-14(2)23-25(20(18)22)12-15-4-6-16(21)7-5-15/h4-9,17H,3,10-13H2,1-2H3/b9-8+/t17-/m1/s1. The van der Waals surface area contributed by atoms with Crippen LogP contribution in [0.2, 0.25) is 10.2 Å². The minimum absolute atomic E-state index is 0.0270. The molecule has 0 bridgehead atoms. The second-order valence-electron chi connectivity index (χ2n) is 7.09. The fraction of sp³-hybridized carbons (Fsp3) is 0.400. The van der Waals surface area contributed by atoms with Crippen molar-refractivity contribution in [3.05, 3.63) is 57.3 Å². The molecule has 0 unspecified atom stereocenters. The van der Waals surface area contributed by atoms with Gasteiger partial charge in [0.25, 0.3) is 0 Å². The predicted octanol–water partition coefficient (Wildman–Crippen LogP) is 3.60. The van der Waals surface area contributed by atoms with Crippen LogP contribution in [0.25, 0.3) is 6.08 Å². The highest BCUT2D eigenvalue weighted by Gasteiger charge is 2.33. The maximum absolute atomic E-state index is 12.7. The van der Waals surface area contributed by atoms with Gasteiger partial charge in [0.2, 0.25) is 5.91 Å². The van der Waals surface area contributed by atoms with Crippen molar-refractivity contribution in [2.45, 2.75) is 32.9 Å². The first kappa shape index (κ1) is 21.9. The fourth-order valence-electron chi connectivity index (χ4n) is 3.49. The van der Waals surface area contributed by atoms with E-state index in [9.17, 15) is 13.2 Å². The SMILES string of the molecule is CCN(C(=O)/C=C/c1c(C)nn(Cc2ccc(Cl)cc2)c1Cl)[C@@H]1CCS(=O)(=O)C1. The number of hydrogen-bond acceptors (Lipinski definition) is 4. The van der Waals surface area contributed by atoms with Crippen LogP contribution in [0.1, 0.15) is 30.2 Å². The maximum atomic E-state index is 12.7. The average Bonchev–Trinajstić information content (AvgIpc) is 3.15. The van der Waals surface area contributed by atoms with Crippen molar-refractivity contribution < 1.29 is 13.2 Å². The van der Waals surface area contributed by atoms with E-state index in [0.29, 0.717) is 40.9 Å². The Kier molecular flexibility index (Phi) is 6.71. The molecule has 29 heavy (non-hydrogen) atoms. The van der Waals surface area contributed by atoms with E-state index in [-0.39, 0.29) is 23.5 Å². The lowest BCUT2D eigenvalue weighted by Crippen LogP contribution is -2.40. The van der Waals surface area contributed by atoms with E-state index in [1.807, 2.05) is 38.1 Å². The third-order valence-corrected chi connectivity index (χ3v) is 7.42. The molecule has 0 N–H and O–H groups in total. The van der Waals surface area contributed by atoms with Gasteiger partial charge in [-0.3, -0.25) is 4.79 Å². The fourth-order valence-corrected chi connectivity index (χ4v) is 5.64. The summed E-state index contributed by atoms with van der Waals surface area (Å²) in [5.74, 6) is -0.0669. The highest BCUT2D eigenvalue weighted by atomic mass is 35.5. The number of aryl methyl sites for hydroxylation is 1. The summed E-state index contributed by atoms with van der Waals surface area (Å²) >= 11 is 12.4. The summed E-state index contributed by atoms with van der Waals surface area (Å²) in [6, 6.07) is 7.16. The minimum Gasteiger partial charge on any atom is -0.335 e. The highest BCUT2D eigenvalue weighted by molar-refractivity contribution is 7.91. The topological polar surface area (TPSA) is 72.3 Å². The van der Waals surface area contributed by atoms with Gasteiger partial charge in [0.15, 0.2) is 9.84 Å². The minimum atomic E-state index is -3.05. The maximum Gasteiger partial charge on any atom is 0.246 e. The summed E-state index contributed by atoms with van der Waals surface area (Å²) in [5.41, 5.74) is 2.38. The molecular weight excluding hydrogens is 433 g/mol. The number of amides is 1. The first-order valence-corrected chi connectivity index (χ1v) is 11.9. The Morgan fingerprint density at radius 1 is 1.31 bits per heavy atom. The van der Waals surface area contributed by atoms with Gasteiger partial charge in [-0.05, 0) is 44.0 Å². The molecular formula is C20H23Cl2N3O3S. The summed E-state index contributed by atoms with van der Waals surface area (Å²) in [6.45, 7) is 4.61. The molecule has 2 heterocycles. The molecule has 1 aliphatic heterocycles. The number of benzene rings is 1. The predicted molar refractivity (Wildman–Crippen MR) is 116 cm³/mol. The zero-order valence-corrected chi connectivity index (χ0v) is 18.6. The van der Waals surface area contributed by atoms with Crippen molar-refractivity contribution >= 4 is 45.0 Å². The van der Waals surface area contributed by atoms with E-state index in [4.69, 9.17) is 23.2 Å². The Hall–Kier alpha value is -1.83. The monoisotopic (exact) mass is 455 g/mol. The molecule has 0 radical (unpaired) electrons. The molecule has 1 atom stereocenters. The van der Waals surface area contributed by atoms with Gasteiger partial charge in [-0.25, -0.2) is 13.1 Å². The van der Waals surface area contributed by atoms with Gasteiger partial charge in [0.1, 0.15) is 5.15 Å². The molecule has 1 amide bonds. The first-order valence-electron chi connectivity index (χ1n) is 9.36. The van der Waals surface area contributed by atoms with E-state index in [1.54, 1.807) is 15.7 Å². The van der Waals surface area contributed by atoms with Gasteiger partial charge in [-0.15, -0.1) is 0 Å². The number of likely N-dealkylation sites (N-methyl/N-ethyl adjacent to an activating group) is 1. The second-order valence-corrected chi connectivity index (χ2v) is 10.1. The van der Waals surface area contributed by atoms with Gasteiger partial charge in [-0.1, -0.05) is 35.3 Å². The Bertz CT molecular complexity index is 1030. The quantitative estimate of drug-likeness (QED) is 0.623. The Labute approximate surface area is 181 Å². The third-order valence-electron chi connectivity index (χ3n) is 5.02. The summed E-state index contributed by atoms with van der Waals surface area (Å²) in [4.78, 5) is 14.3. The second kappa shape index (κ2) is 8.90. The lowest BCUT2D eigenvalue weighted by atomic mass is 10.2. The number of carbonyl (C=O) groups is 1. The van der Waals surface area contributed by atoms with Crippen molar-refractivity contribution in [2.75, 3.05) is 18.1 Å². The summed E-state index contributed by atoms with van der Waals surface area (Å²) in [6.07, 6.45) is 3.57. The Morgan fingerprint density at radius 3 is 2.59 bits per heavy atom. The van der Waals surface area contributed by atoms with E-state index < -0.39 is 9.84 Å². The number of nitrogens with zero attached hydrogens (tertiary/aromatic N) is 3. The van der Waals surface area contributed by atoms with Crippen molar-refractivity contribution in [3.63, 3.8) is 0 Å². The van der Waals surface area contributed by atoms with E-state index in [2.05, 4.69) is 5.10 Å². The Balaban J connectivity index is 1.75. The molecule has 1 aromatic carbocycles. The van der Waals surface area contributed by atoms with Crippen LogP contribution in [0.3, 0.4) is 0 Å². The van der Waals surface area contributed by atoms with Crippen molar-refractivity contribution in [1.29, 1.82) is 0 Å². The molecule has 9 heteroatoms. The smallest absolute Gasteiger partial charge is 0.246 e. The van der Waals surface area contributed by atoms with Crippen LogP contribution in [0.4, 0.5) is 0 Å². The van der Waals surface area contributed by atoms with Gasteiger partial charge < -0.3 is 4.90 Å². The molecule has 0 aliphatic carbocycles. The highest BCUT2D eigenvalue weighted by Crippen LogP contribution is 2.24. The van der Waals surface area contributed by atoms with Gasteiger partial charge in [0.05, 0.1) is 23.7 Å². The van der Waals surface area contributed by atoms with E-state index in [1.165, 1.54) is 6.08 Å². The normalized spacial score (nSPS) is 18.4. The number of halogens is 2. The van der Waals surface area contributed by atoms with E-state index >= 15 is 0 Å². The molecule has 1 fully saturated rings. The van der Waals surface area contributed by atoms with Crippen LogP contribution in [-0.2, 0) is 21.2 Å². The van der Waals surface area contributed by atoms with Crippen LogP contribution in [0.5, 0.6) is 0 Å². The molecule has 0 saturated carbocycles. The van der Waals surface area contributed by atoms with Crippen molar-refractivity contribution in [1.82, 2.24) is 14.7 Å². The molecule has 6 nitrogen and oxygen atoms in total. The lowest BCUT2D eigenvalue weighted by Gasteiger charge is -2.25. The summed E-state index contributed by atoms with van der Waals surface area (Å²) < 4.78 is 25.1. The lowest BCUT2D eigenvalue weighted by molar-refractivity contribution is -0.127. The Morgan fingerprint density at radius 2 is 2.00 bits per heavy atom. The first-order chi connectivity index (χ1) is 13.7. The number of carbonyl (C=O) groups excluding carboxylic acids is 1. The van der Waals surface area contributed by atoms with Crippen molar-refractivity contribution in [2.24, 2.45) is 0 Å². The van der Waals surface area contributed by atoms with Crippen LogP contribution in [-0.4, -0.2) is 53.1 Å². The van der Waals surface area contributed by atoms with Gasteiger partial charge >= 0.3 is 0 Å². The number of aromatic nitrogens is 2. The molecule has 3 rings (SSSR count). The number of hydrogen-bond donors (Lipinski definition) is 0. The van der Waals surface area contributed by atoms with E-state index in [0.717, 1.165) is 5.56 Å². The largest absolute Gasteiger partial charge is 0.335 e. The third kappa shape index (κ3) is 5.21. The molecule has 1 saturated heterocycles. The molecule has 156 valence electrons. The van der Waals surface area contributed by atoms with Crippen LogP contribution in [0, 0.1) is 6.92 Å². The van der Waals surface area contributed by atoms with Gasteiger partial charge in [-0.2, -0.15) is 5.10 Å². The number of sulfone groups is 1. The molecule has 0 spiro atoms. The summed E-state index contributed by atoms with van der Waals surface area (Å²) in [7, 11) is -3.05. The molecule has 1 aliphatic rings. The molecule has 2 aromatic rings. The average molecular weight is 456 g/mol. The summed E-state index contributed by atoms with van der Waals surface area (Å²) in [5, 5.41) is 5.56. The zero-order chi connectivity index (χ0) is 21.2. The van der Waals surface area contributed by atoms with Crippen LogP contribution in [0.15, 0.2) is 30.3 Å². The van der Waals surface area contributed by atoms with Gasteiger partial charge in [0, 0.05) is 29.2 Å². The van der Waals surface area contributed by atoms with Crippen LogP contribution < -0.4 is 0 Å².